The number of nitrogens with two attached hydrogens (primary N) is 1. The molecule has 0 saturated heterocycles. The van der Waals surface area contributed by atoms with Gasteiger partial charge in [0.1, 0.15) is 0 Å². The maximum atomic E-state index is 6.10. The SMILES string of the molecule is CC(CN)C(C)Cc1cc(Cl)ccc1Cl. The second-order valence-electron chi connectivity index (χ2n) is 4.13. The van der Waals surface area contributed by atoms with E-state index in [9.17, 15) is 0 Å². The van der Waals surface area contributed by atoms with Gasteiger partial charge >= 0.3 is 0 Å². The Morgan fingerprint density at radius 1 is 1.20 bits per heavy atom. The Balaban J connectivity index is 2.75. The van der Waals surface area contributed by atoms with Crippen LogP contribution in [0.2, 0.25) is 10.0 Å². The van der Waals surface area contributed by atoms with Gasteiger partial charge in [0.15, 0.2) is 0 Å². The lowest BCUT2D eigenvalue weighted by Crippen LogP contribution is -2.20. The molecule has 1 aromatic rings. The maximum Gasteiger partial charge on any atom is 0.0439 e. The van der Waals surface area contributed by atoms with E-state index in [0.717, 1.165) is 22.0 Å². The molecule has 0 radical (unpaired) electrons. The highest BCUT2D eigenvalue weighted by Gasteiger charge is 2.13. The smallest absolute Gasteiger partial charge is 0.0439 e. The van der Waals surface area contributed by atoms with E-state index in [1.54, 1.807) is 0 Å². The minimum absolute atomic E-state index is 0.500. The average molecular weight is 246 g/mol. The highest BCUT2D eigenvalue weighted by atomic mass is 35.5. The Labute approximate surface area is 102 Å². The fraction of sp³-hybridized carbons (Fsp3) is 0.500. The summed E-state index contributed by atoms with van der Waals surface area (Å²) in [7, 11) is 0. The summed E-state index contributed by atoms with van der Waals surface area (Å²) in [5, 5.41) is 1.53. The van der Waals surface area contributed by atoms with Gasteiger partial charge < -0.3 is 5.73 Å². The fourth-order valence-corrected chi connectivity index (χ4v) is 1.87. The molecule has 0 heterocycles. The summed E-state index contributed by atoms with van der Waals surface area (Å²) >= 11 is 12.0. The molecule has 84 valence electrons. The van der Waals surface area contributed by atoms with E-state index >= 15 is 0 Å². The van der Waals surface area contributed by atoms with Crippen LogP contribution in [0.25, 0.3) is 0 Å². The summed E-state index contributed by atoms with van der Waals surface area (Å²) in [5.41, 5.74) is 6.74. The van der Waals surface area contributed by atoms with Crippen molar-refractivity contribution in [3.8, 4) is 0 Å². The first-order valence-electron chi connectivity index (χ1n) is 5.18. The monoisotopic (exact) mass is 245 g/mol. The van der Waals surface area contributed by atoms with Gasteiger partial charge in [-0.1, -0.05) is 37.0 Å². The minimum atomic E-state index is 0.500. The van der Waals surface area contributed by atoms with E-state index in [4.69, 9.17) is 28.9 Å². The summed E-state index contributed by atoms with van der Waals surface area (Å²) in [6.45, 7) is 5.05. The molecule has 1 aromatic carbocycles. The second kappa shape index (κ2) is 5.74. The molecule has 0 saturated carbocycles. The van der Waals surface area contributed by atoms with E-state index in [1.807, 2.05) is 18.2 Å². The van der Waals surface area contributed by atoms with Crippen LogP contribution in [0.1, 0.15) is 19.4 Å². The number of benzene rings is 1. The third-order valence-electron chi connectivity index (χ3n) is 2.89. The number of rotatable bonds is 4. The predicted molar refractivity (Wildman–Crippen MR) is 67.5 cm³/mol. The molecule has 0 aliphatic carbocycles. The van der Waals surface area contributed by atoms with Gasteiger partial charge in [-0.3, -0.25) is 0 Å². The zero-order valence-electron chi connectivity index (χ0n) is 9.13. The molecular weight excluding hydrogens is 229 g/mol. The van der Waals surface area contributed by atoms with Crippen LogP contribution in [0.3, 0.4) is 0 Å². The zero-order chi connectivity index (χ0) is 11.4. The Morgan fingerprint density at radius 2 is 1.87 bits per heavy atom. The molecule has 0 bridgehead atoms. The number of hydrogen-bond acceptors (Lipinski definition) is 1. The van der Waals surface area contributed by atoms with Crippen molar-refractivity contribution in [3.05, 3.63) is 33.8 Å². The zero-order valence-corrected chi connectivity index (χ0v) is 10.6. The topological polar surface area (TPSA) is 26.0 Å². The molecule has 1 rings (SSSR count). The summed E-state index contributed by atoms with van der Waals surface area (Å²) in [4.78, 5) is 0. The first-order chi connectivity index (χ1) is 7.04. The minimum Gasteiger partial charge on any atom is -0.330 e. The number of halogens is 2. The summed E-state index contributed by atoms with van der Waals surface area (Å²) < 4.78 is 0. The van der Waals surface area contributed by atoms with E-state index in [0.29, 0.717) is 18.4 Å². The standard InChI is InChI=1S/C12H17Cl2N/c1-8(9(2)7-15)5-10-6-11(13)3-4-12(10)14/h3-4,6,8-9H,5,7,15H2,1-2H3. The van der Waals surface area contributed by atoms with E-state index in [2.05, 4.69) is 13.8 Å². The van der Waals surface area contributed by atoms with Crippen LogP contribution in [0.4, 0.5) is 0 Å². The Bertz CT molecular complexity index is 325. The summed E-state index contributed by atoms with van der Waals surface area (Å²) in [5.74, 6) is 1.02. The fourth-order valence-electron chi connectivity index (χ4n) is 1.48. The van der Waals surface area contributed by atoms with Gasteiger partial charge in [-0.25, -0.2) is 0 Å². The molecule has 0 aliphatic rings. The van der Waals surface area contributed by atoms with Crippen molar-refractivity contribution >= 4 is 23.2 Å². The van der Waals surface area contributed by atoms with Crippen molar-refractivity contribution in [1.29, 1.82) is 0 Å². The Morgan fingerprint density at radius 3 is 2.47 bits per heavy atom. The Kier molecular flexibility index (Phi) is 4.91. The van der Waals surface area contributed by atoms with Crippen molar-refractivity contribution in [2.24, 2.45) is 17.6 Å². The van der Waals surface area contributed by atoms with Gasteiger partial charge in [0.05, 0.1) is 0 Å². The largest absolute Gasteiger partial charge is 0.330 e. The van der Waals surface area contributed by atoms with Crippen molar-refractivity contribution in [3.63, 3.8) is 0 Å². The third kappa shape index (κ3) is 3.67. The molecule has 0 aromatic heterocycles. The molecule has 0 amide bonds. The van der Waals surface area contributed by atoms with Crippen molar-refractivity contribution in [2.45, 2.75) is 20.3 Å². The quantitative estimate of drug-likeness (QED) is 0.859. The van der Waals surface area contributed by atoms with Gasteiger partial charge in [-0.15, -0.1) is 0 Å². The van der Waals surface area contributed by atoms with Crippen LogP contribution in [-0.4, -0.2) is 6.54 Å². The van der Waals surface area contributed by atoms with Gasteiger partial charge in [0.25, 0.3) is 0 Å². The van der Waals surface area contributed by atoms with E-state index in [1.165, 1.54) is 0 Å². The van der Waals surface area contributed by atoms with Gasteiger partial charge in [0.2, 0.25) is 0 Å². The molecule has 3 heteroatoms. The second-order valence-corrected chi connectivity index (χ2v) is 4.97. The highest BCUT2D eigenvalue weighted by Crippen LogP contribution is 2.25. The normalized spacial score (nSPS) is 15.0. The molecule has 0 fully saturated rings. The van der Waals surface area contributed by atoms with Crippen molar-refractivity contribution in [1.82, 2.24) is 0 Å². The van der Waals surface area contributed by atoms with Crippen LogP contribution >= 0.6 is 23.2 Å². The van der Waals surface area contributed by atoms with Crippen LogP contribution in [0.5, 0.6) is 0 Å². The van der Waals surface area contributed by atoms with Crippen LogP contribution in [0, 0.1) is 11.8 Å². The van der Waals surface area contributed by atoms with Gasteiger partial charge in [-0.2, -0.15) is 0 Å². The van der Waals surface area contributed by atoms with Crippen LogP contribution < -0.4 is 5.73 Å². The summed E-state index contributed by atoms with van der Waals surface area (Å²) in [6.07, 6.45) is 0.928. The lowest BCUT2D eigenvalue weighted by molar-refractivity contribution is 0.394. The van der Waals surface area contributed by atoms with Gasteiger partial charge in [-0.05, 0) is 48.6 Å². The first kappa shape index (κ1) is 12.8. The molecule has 2 atom stereocenters. The highest BCUT2D eigenvalue weighted by molar-refractivity contribution is 6.33. The molecule has 2 unspecified atom stereocenters. The van der Waals surface area contributed by atoms with Crippen molar-refractivity contribution in [2.75, 3.05) is 6.54 Å². The molecule has 15 heavy (non-hydrogen) atoms. The lowest BCUT2D eigenvalue weighted by atomic mass is 9.90. The van der Waals surface area contributed by atoms with E-state index in [-0.39, 0.29) is 0 Å². The van der Waals surface area contributed by atoms with Crippen LogP contribution in [0.15, 0.2) is 18.2 Å². The maximum absolute atomic E-state index is 6.10. The predicted octanol–water partition coefficient (Wildman–Crippen LogP) is 3.77. The molecular formula is C12H17Cl2N. The first-order valence-corrected chi connectivity index (χ1v) is 5.94. The molecule has 2 N–H and O–H groups in total. The third-order valence-corrected chi connectivity index (χ3v) is 3.50. The average Bonchev–Trinajstić information content (AvgIpc) is 2.22. The summed E-state index contributed by atoms with van der Waals surface area (Å²) in [6, 6.07) is 5.59. The Hall–Kier alpha value is -0.240. The molecule has 0 aliphatic heterocycles. The number of hydrogen-bond donors (Lipinski definition) is 1. The van der Waals surface area contributed by atoms with E-state index < -0.39 is 0 Å². The van der Waals surface area contributed by atoms with Crippen LogP contribution in [-0.2, 0) is 6.42 Å². The van der Waals surface area contributed by atoms with Gasteiger partial charge in [0, 0.05) is 10.0 Å². The molecule has 0 spiro atoms. The van der Waals surface area contributed by atoms with Crippen molar-refractivity contribution < 1.29 is 0 Å². The molecule has 1 nitrogen and oxygen atoms in total. The lowest BCUT2D eigenvalue weighted by Gasteiger charge is -2.18.